The van der Waals surface area contributed by atoms with Crippen LogP contribution in [0.4, 0.5) is 0 Å². The summed E-state index contributed by atoms with van der Waals surface area (Å²) in [7, 11) is 3.98. The minimum absolute atomic E-state index is 0.551. The van der Waals surface area contributed by atoms with Crippen molar-refractivity contribution in [1.82, 2.24) is 25.2 Å². The van der Waals surface area contributed by atoms with Gasteiger partial charge in [0.2, 0.25) is 0 Å². The summed E-state index contributed by atoms with van der Waals surface area (Å²) < 4.78 is 1.73. The van der Waals surface area contributed by atoms with Crippen LogP contribution in [0.5, 0.6) is 0 Å². The molecule has 0 unspecified atom stereocenters. The summed E-state index contributed by atoms with van der Waals surface area (Å²) >= 11 is 0. The van der Waals surface area contributed by atoms with Gasteiger partial charge in [0, 0.05) is 38.9 Å². The van der Waals surface area contributed by atoms with E-state index < -0.39 is 0 Å². The van der Waals surface area contributed by atoms with Gasteiger partial charge in [0.25, 0.3) is 0 Å². The number of aromatic nitrogens is 3. The zero-order valence-corrected chi connectivity index (χ0v) is 10.1. The van der Waals surface area contributed by atoms with E-state index in [1.165, 1.54) is 0 Å². The number of likely N-dealkylation sites (N-methyl/N-ethyl adjacent to an activating group) is 1. The fourth-order valence-electron chi connectivity index (χ4n) is 1.37. The fraction of sp³-hybridized carbons (Fsp3) is 0.800. The van der Waals surface area contributed by atoms with Gasteiger partial charge in [-0.15, -0.1) is 5.10 Å². The van der Waals surface area contributed by atoms with Crippen LogP contribution < -0.4 is 5.32 Å². The molecule has 0 atom stereocenters. The first-order valence-corrected chi connectivity index (χ1v) is 5.35. The molecule has 0 saturated heterocycles. The van der Waals surface area contributed by atoms with Gasteiger partial charge >= 0.3 is 0 Å². The smallest absolute Gasteiger partial charge is 0.0966 e. The molecular weight excluding hydrogens is 190 g/mol. The number of aryl methyl sites for hydroxylation is 1. The van der Waals surface area contributed by atoms with Crippen LogP contribution in [0.2, 0.25) is 0 Å². The Labute approximate surface area is 91.5 Å². The van der Waals surface area contributed by atoms with Crippen LogP contribution in [0.25, 0.3) is 0 Å². The first kappa shape index (κ1) is 12.1. The summed E-state index contributed by atoms with van der Waals surface area (Å²) in [5.74, 6) is 0. The molecule has 5 nitrogen and oxygen atoms in total. The van der Waals surface area contributed by atoms with Crippen molar-refractivity contribution in [3.8, 4) is 0 Å². The topological polar surface area (TPSA) is 46.0 Å². The van der Waals surface area contributed by atoms with E-state index in [0.29, 0.717) is 6.04 Å². The number of rotatable bonds is 6. The van der Waals surface area contributed by atoms with Crippen molar-refractivity contribution in [3.63, 3.8) is 0 Å². The Hall–Kier alpha value is -0.940. The molecule has 15 heavy (non-hydrogen) atoms. The highest BCUT2D eigenvalue weighted by molar-refractivity contribution is 4.91. The zero-order valence-electron chi connectivity index (χ0n) is 10.1. The Morgan fingerprint density at radius 3 is 2.80 bits per heavy atom. The largest absolute Gasteiger partial charge is 0.313 e. The quantitative estimate of drug-likeness (QED) is 0.732. The third-order valence-electron chi connectivity index (χ3n) is 2.13. The lowest BCUT2D eigenvalue weighted by Gasteiger charge is -2.16. The van der Waals surface area contributed by atoms with Crippen molar-refractivity contribution in [2.45, 2.75) is 26.4 Å². The molecule has 0 bridgehead atoms. The van der Waals surface area contributed by atoms with Crippen LogP contribution in [-0.4, -0.2) is 46.1 Å². The molecule has 0 aliphatic rings. The van der Waals surface area contributed by atoms with E-state index in [0.717, 1.165) is 25.3 Å². The SMILES string of the molecule is CC(C)NCCN(C)Cc1cn(C)nn1. The lowest BCUT2D eigenvalue weighted by molar-refractivity contribution is 0.316. The van der Waals surface area contributed by atoms with E-state index in [9.17, 15) is 0 Å². The van der Waals surface area contributed by atoms with Crippen LogP contribution in [0, 0.1) is 0 Å². The number of hydrogen-bond donors (Lipinski definition) is 1. The van der Waals surface area contributed by atoms with Gasteiger partial charge in [0.1, 0.15) is 0 Å². The predicted molar refractivity (Wildman–Crippen MR) is 60.5 cm³/mol. The molecule has 0 spiro atoms. The standard InChI is InChI=1S/C10H21N5/c1-9(2)11-5-6-14(3)7-10-8-15(4)13-12-10/h8-9,11H,5-7H2,1-4H3. The third-order valence-corrected chi connectivity index (χ3v) is 2.13. The highest BCUT2D eigenvalue weighted by Crippen LogP contribution is 1.96. The second-order valence-corrected chi connectivity index (χ2v) is 4.23. The molecule has 1 aromatic heterocycles. The Bertz CT molecular complexity index is 281. The van der Waals surface area contributed by atoms with Crippen LogP contribution >= 0.6 is 0 Å². The molecule has 1 heterocycles. The second-order valence-electron chi connectivity index (χ2n) is 4.23. The maximum atomic E-state index is 4.05. The molecular formula is C10H21N5. The molecule has 5 heteroatoms. The van der Waals surface area contributed by atoms with Crippen molar-refractivity contribution in [2.75, 3.05) is 20.1 Å². The summed E-state index contributed by atoms with van der Waals surface area (Å²) in [5, 5.41) is 11.3. The van der Waals surface area contributed by atoms with Crippen molar-refractivity contribution in [1.29, 1.82) is 0 Å². The minimum atomic E-state index is 0.551. The highest BCUT2D eigenvalue weighted by atomic mass is 15.4. The fourth-order valence-corrected chi connectivity index (χ4v) is 1.37. The van der Waals surface area contributed by atoms with Crippen molar-refractivity contribution in [3.05, 3.63) is 11.9 Å². The summed E-state index contributed by atoms with van der Waals surface area (Å²) in [6, 6.07) is 0.551. The summed E-state index contributed by atoms with van der Waals surface area (Å²) in [6.45, 7) is 7.20. The summed E-state index contributed by atoms with van der Waals surface area (Å²) in [5.41, 5.74) is 1.02. The Kier molecular flexibility index (Phi) is 4.71. The first-order chi connectivity index (χ1) is 7.08. The van der Waals surface area contributed by atoms with E-state index in [2.05, 4.69) is 41.4 Å². The number of nitrogens with zero attached hydrogens (tertiary/aromatic N) is 4. The van der Waals surface area contributed by atoms with Crippen LogP contribution in [0.15, 0.2) is 6.20 Å². The van der Waals surface area contributed by atoms with Gasteiger partial charge in [-0.2, -0.15) is 0 Å². The Balaban J connectivity index is 2.21. The zero-order chi connectivity index (χ0) is 11.3. The molecule has 1 N–H and O–H groups in total. The molecule has 86 valence electrons. The van der Waals surface area contributed by atoms with Crippen LogP contribution in [0.1, 0.15) is 19.5 Å². The van der Waals surface area contributed by atoms with E-state index >= 15 is 0 Å². The second kappa shape index (κ2) is 5.82. The Morgan fingerprint density at radius 2 is 2.27 bits per heavy atom. The van der Waals surface area contributed by atoms with Gasteiger partial charge in [-0.05, 0) is 7.05 Å². The van der Waals surface area contributed by atoms with Gasteiger partial charge in [0.15, 0.2) is 0 Å². The molecule has 1 aromatic rings. The number of nitrogens with one attached hydrogen (secondary N) is 1. The number of hydrogen-bond acceptors (Lipinski definition) is 4. The van der Waals surface area contributed by atoms with E-state index in [1.807, 2.05) is 13.2 Å². The minimum Gasteiger partial charge on any atom is -0.313 e. The van der Waals surface area contributed by atoms with E-state index in [1.54, 1.807) is 4.68 Å². The highest BCUT2D eigenvalue weighted by Gasteiger charge is 2.03. The summed E-state index contributed by atoms with van der Waals surface area (Å²) in [4.78, 5) is 2.24. The lowest BCUT2D eigenvalue weighted by atomic mass is 10.4. The molecule has 0 aliphatic carbocycles. The molecule has 0 amide bonds. The lowest BCUT2D eigenvalue weighted by Crippen LogP contribution is -2.32. The molecule has 1 rings (SSSR count). The maximum Gasteiger partial charge on any atom is 0.0966 e. The van der Waals surface area contributed by atoms with Crippen LogP contribution in [-0.2, 0) is 13.6 Å². The van der Waals surface area contributed by atoms with E-state index in [4.69, 9.17) is 0 Å². The van der Waals surface area contributed by atoms with Gasteiger partial charge in [0.05, 0.1) is 5.69 Å². The van der Waals surface area contributed by atoms with Gasteiger partial charge in [-0.1, -0.05) is 19.1 Å². The molecule has 0 aliphatic heterocycles. The third kappa shape index (κ3) is 4.90. The average molecular weight is 211 g/mol. The maximum absolute atomic E-state index is 4.05. The van der Waals surface area contributed by atoms with Gasteiger partial charge < -0.3 is 5.32 Å². The van der Waals surface area contributed by atoms with E-state index in [-0.39, 0.29) is 0 Å². The van der Waals surface area contributed by atoms with Crippen molar-refractivity contribution >= 4 is 0 Å². The van der Waals surface area contributed by atoms with Crippen LogP contribution in [0.3, 0.4) is 0 Å². The molecule has 0 fully saturated rings. The first-order valence-electron chi connectivity index (χ1n) is 5.35. The average Bonchev–Trinajstić information content (AvgIpc) is 2.50. The monoisotopic (exact) mass is 211 g/mol. The predicted octanol–water partition coefficient (Wildman–Crippen LogP) is 0.245. The normalized spacial score (nSPS) is 11.6. The van der Waals surface area contributed by atoms with Gasteiger partial charge in [-0.3, -0.25) is 9.58 Å². The molecule has 0 aromatic carbocycles. The summed E-state index contributed by atoms with van der Waals surface area (Å²) in [6.07, 6.45) is 1.95. The molecule has 0 radical (unpaired) electrons. The molecule has 0 saturated carbocycles. The van der Waals surface area contributed by atoms with Crippen molar-refractivity contribution in [2.24, 2.45) is 7.05 Å². The van der Waals surface area contributed by atoms with Crippen molar-refractivity contribution < 1.29 is 0 Å². The van der Waals surface area contributed by atoms with Gasteiger partial charge in [-0.25, -0.2) is 0 Å². The Morgan fingerprint density at radius 1 is 1.53 bits per heavy atom.